The summed E-state index contributed by atoms with van der Waals surface area (Å²) in [5.74, 6) is -0.0465. The Kier molecular flexibility index (Phi) is 5.47. The van der Waals surface area contributed by atoms with Crippen molar-refractivity contribution in [2.75, 3.05) is 5.32 Å². The summed E-state index contributed by atoms with van der Waals surface area (Å²) in [7, 11) is 0. The third kappa shape index (κ3) is 4.02. The van der Waals surface area contributed by atoms with Crippen molar-refractivity contribution in [1.82, 2.24) is 5.16 Å². The van der Waals surface area contributed by atoms with E-state index in [0.29, 0.717) is 33.5 Å². The molecule has 1 heterocycles. The average Bonchev–Trinajstić information content (AvgIpc) is 3.27. The van der Waals surface area contributed by atoms with Crippen LogP contribution in [0.3, 0.4) is 0 Å². The molecule has 5 aromatic rings. The van der Waals surface area contributed by atoms with Gasteiger partial charge in [-0.05, 0) is 24.3 Å². The van der Waals surface area contributed by atoms with Crippen LogP contribution >= 0.6 is 11.6 Å². The molecule has 5 rings (SSSR count). The van der Waals surface area contributed by atoms with Gasteiger partial charge in [0.05, 0.1) is 21.7 Å². The zero-order valence-electron chi connectivity index (χ0n) is 17.3. The number of benzene rings is 4. The largest absolute Gasteiger partial charge is 0.355 e. The summed E-state index contributed by atoms with van der Waals surface area (Å²) < 4.78 is 5.52. The lowest BCUT2D eigenvalue weighted by molar-refractivity contribution is 0.102. The first-order valence-corrected chi connectivity index (χ1v) is 10.6. The molecule has 0 spiro atoms. The predicted molar refractivity (Wildman–Crippen MR) is 129 cm³/mol. The number of ketones is 1. The van der Waals surface area contributed by atoms with Crippen LogP contribution < -0.4 is 5.32 Å². The molecule has 0 atom stereocenters. The lowest BCUT2D eigenvalue weighted by atomic mass is 10.0. The van der Waals surface area contributed by atoms with E-state index in [0.717, 1.165) is 5.56 Å². The van der Waals surface area contributed by atoms with Crippen LogP contribution in [0.25, 0.3) is 22.2 Å². The van der Waals surface area contributed by atoms with Crippen molar-refractivity contribution in [2.45, 2.75) is 0 Å². The Morgan fingerprint density at radius 3 is 2.21 bits per heavy atom. The van der Waals surface area contributed by atoms with E-state index >= 15 is 0 Å². The Labute approximate surface area is 194 Å². The van der Waals surface area contributed by atoms with Crippen molar-refractivity contribution in [3.05, 3.63) is 119 Å². The zero-order valence-corrected chi connectivity index (χ0v) is 18.0. The fraction of sp³-hybridized carbons (Fsp3) is 0. The number of aromatic nitrogens is 1. The number of carbonyl (C=O) groups excluding carboxylic acids is 2. The van der Waals surface area contributed by atoms with Gasteiger partial charge in [0.1, 0.15) is 5.52 Å². The lowest BCUT2D eigenvalue weighted by Gasteiger charge is -2.11. The third-order valence-electron chi connectivity index (χ3n) is 5.30. The highest BCUT2D eigenvalue weighted by molar-refractivity contribution is 6.35. The zero-order chi connectivity index (χ0) is 22.8. The summed E-state index contributed by atoms with van der Waals surface area (Å²) >= 11 is 6.48. The second kappa shape index (κ2) is 8.73. The molecule has 160 valence electrons. The second-order valence-electron chi connectivity index (χ2n) is 7.42. The molecule has 0 radical (unpaired) electrons. The van der Waals surface area contributed by atoms with Crippen molar-refractivity contribution >= 4 is 39.9 Å². The molecule has 0 saturated heterocycles. The molecule has 1 amide bonds. The molecule has 1 aromatic heterocycles. The van der Waals surface area contributed by atoms with Gasteiger partial charge < -0.3 is 9.84 Å². The number of hydrogen-bond donors (Lipinski definition) is 1. The van der Waals surface area contributed by atoms with Gasteiger partial charge in [0.25, 0.3) is 5.91 Å². The SMILES string of the molecule is O=C(Nc1ccccc1C(=O)c1ccccc1)c1cc2noc(-c3ccccc3)c2cc1Cl. The smallest absolute Gasteiger partial charge is 0.257 e. The molecule has 0 bridgehead atoms. The minimum Gasteiger partial charge on any atom is -0.355 e. The van der Waals surface area contributed by atoms with Crippen LogP contribution in [0.5, 0.6) is 0 Å². The molecule has 0 aliphatic rings. The van der Waals surface area contributed by atoms with Gasteiger partial charge in [0.2, 0.25) is 0 Å². The van der Waals surface area contributed by atoms with Crippen molar-refractivity contribution in [2.24, 2.45) is 0 Å². The van der Waals surface area contributed by atoms with Gasteiger partial charge in [-0.2, -0.15) is 0 Å². The van der Waals surface area contributed by atoms with Crippen LogP contribution in [-0.2, 0) is 0 Å². The number of rotatable bonds is 5. The number of amides is 1. The minimum atomic E-state index is -0.445. The Morgan fingerprint density at radius 1 is 0.788 bits per heavy atom. The minimum absolute atomic E-state index is 0.183. The van der Waals surface area contributed by atoms with Gasteiger partial charge in [-0.1, -0.05) is 89.6 Å². The normalized spacial score (nSPS) is 10.8. The number of nitrogens with zero attached hydrogens (tertiary/aromatic N) is 1. The van der Waals surface area contributed by atoms with Gasteiger partial charge in [-0.15, -0.1) is 0 Å². The molecule has 4 aromatic carbocycles. The summed E-state index contributed by atoms with van der Waals surface area (Å²) in [5.41, 5.74) is 2.94. The maximum Gasteiger partial charge on any atom is 0.257 e. The fourth-order valence-electron chi connectivity index (χ4n) is 3.66. The van der Waals surface area contributed by atoms with Gasteiger partial charge >= 0.3 is 0 Å². The topological polar surface area (TPSA) is 72.2 Å². The van der Waals surface area contributed by atoms with E-state index in [2.05, 4.69) is 10.5 Å². The van der Waals surface area contributed by atoms with Gasteiger partial charge in [0.15, 0.2) is 11.5 Å². The number of para-hydroxylation sites is 1. The van der Waals surface area contributed by atoms with Crippen molar-refractivity contribution in [1.29, 1.82) is 0 Å². The van der Waals surface area contributed by atoms with E-state index in [9.17, 15) is 9.59 Å². The molecule has 33 heavy (non-hydrogen) atoms. The summed E-state index contributed by atoms with van der Waals surface area (Å²) in [6.45, 7) is 0. The Bertz CT molecular complexity index is 1480. The maximum atomic E-state index is 13.1. The highest BCUT2D eigenvalue weighted by Crippen LogP contribution is 2.33. The quantitative estimate of drug-likeness (QED) is 0.304. The van der Waals surface area contributed by atoms with Gasteiger partial charge in [-0.25, -0.2) is 0 Å². The molecule has 0 aliphatic carbocycles. The average molecular weight is 453 g/mol. The van der Waals surface area contributed by atoms with Crippen LogP contribution in [0.1, 0.15) is 26.3 Å². The van der Waals surface area contributed by atoms with Crippen molar-refractivity contribution in [3.8, 4) is 11.3 Å². The van der Waals surface area contributed by atoms with E-state index in [4.69, 9.17) is 16.1 Å². The molecular formula is C27H17ClN2O3. The molecule has 1 N–H and O–H groups in total. The van der Waals surface area contributed by atoms with E-state index in [1.165, 1.54) is 0 Å². The summed E-state index contributed by atoms with van der Waals surface area (Å²) in [6, 6.07) is 28.6. The van der Waals surface area contributed by atoms with Crippen LogP contribution in [-0.4, -0.2) is 16.8 Å². The highest BCUT2D eigenvalue weighted by atomic mass is 35.5. The monoisotopic (exact) mass is 452 g/mol. The first kappa shape index (κ1) is 20.7. The van der Waals surface area contributed by atoms with Crippen molar-refractivity contribution in [3.63, 3.8) is 0 Å². The molecule has 0 fully saturated rings. The van der Waals surface area contributed by atoms with E-state index in [1.54, 1.807) is 60.7 Å². The van der Waals surface area contributed by atoms with Crippen LogP contribution in [0.2, 0.25) is 5.02 Å². The fourth-order valence-corrected chi connectivity index (χ4v) is 3.91. The molecule has 5 nitrogen and oxygen atoms in total. The van der Waals surface area contributed by atoms with E-state index in [-0.39, 0.29) is 16.4 Å². The van der Waals surface area contributed by atoms with Crippen molar-refractivity contribution < 1.29 is 14.1 Å². The first-order chi connectivity index (χ1) is 16.1. The summed E-state index contributed by atoms with van der Waals surface area (Å²) in [5, 5.41) is 7.89. The van der Waals surface area contributed by atoms with Crippen LogP contribution in [0.4, 0.5) is 5.69 Å². The Balaban J connectivity index is 1.47. The van der Waals surface area contributed by atoms with Crippen LogP contribution in [0.15, 0.2) is 102 Å². The van der Waals surface area contributed by atoms with E-state index < -0.39 is 5.91 Å². The van der Waals surface area contributed by atoms with Gasteiger partial charge in [0, 0.05) is 16.7 Å². The molecule has 0 aliphatic heterocycles. The number of anilines is 1. The second-order valence-corrected chi connectivity index (χ2v) is 7.83. The standard InChI is InChI=1S/C27H17ClN2O3/c28-22-15-21-24(30-33-26(21)18-11-5-2-6-12-18)16-20(22)27(32)29-23-14-8-7-13-19(23)25(31)17-9-3-1-4-10-17/h1-16H,(H,29,32). The number of nitrogens with one attached hydrogen (secondary N) is 1. The van der Waals surface area contributed by atoms with Gasteiger partial charge in [-0.3, -0.25) is 9.59 Å². The Morgan fingerprint density at radius 2 is 1.45 bits per heavy atom. The maximum absolute atomic E-state index is 13.1. The van der Waals surface area contributed by atoms with E-state index in [1.807, 2.05) is 36.4 Å². The molecule has 0 saturated carbocycles. The van der Waals surface area contributed by atoms with Crippen LogP contribution in [0, 0.1) is 0 Å². The number of halogens is 1. The third-order valence-corrected chi connectivity index (χ3v) is 5.61. The molecule has 6 heteroatoms. The predicted octanol–water partition coefficient (Wildman–Crippen LogP) is 6.63. The highest BCUT2D eigenvalue weighted by Gasteiger charge is 2.20. The number of carbonyl (C=O) groups is 2. The Hall–Kier alpha value is -4.22. The molecule has 0 unspecified atom stereocenters. The summed E-state index contributed by atoms with van der Waals surface area (Å²) in [4.78, 5) is 26.1. The summed E-state index contributed by atoms with van der Waals surface area (Å²) in [6.07, 6.45) is 0. The number of hydrogen-bond acceptors (Lipinski definition) is 4. The molecular weight excluding hydrogens is 436 g/mol. The first-order valence-electron chi connectivity index (χ1n) is 10.3. The number of fused-ring (bicyclic) bond motifs is 1. The lowest BCUT2D eigenvalue weighted by Crippen LogP contribution is -2.15.